The lowest BCUT2D eigenvalue weighted by Gasteiger charge is -2.30. The molecule has 1 fully saturated rings. The molecule has 0 amide bonds. The highest BCUT2D eigenvalue weighted by atomic mass is 32.2. The molecule has 1 aliphatic heterocycles. The van der Waals surface area contributed by atoms with Gasteiger partial charge in [0.2, 0.25) is 0 Å². The second-order valence-corrected chi connectivity index (χ2v) is 7.58. The van der Waals surface area contributed by atoms with Crippen LogP contribution in [-0.2, 0) is 14.8 Å². The molecule has 2 rings (SSSR count). The van der Waals surface area contributed by atoms with E-state index in [0.29, 0.717) is 18.7 Å². The van der Waals surface area contributed by atoms with Gasteiger partial charge in [0.15, 0.2) is 11.5 Å². The number of carbonyl (C=O) groups is 1. The van der Waals surface area contributed by atoms with Gasteiger partial charge in [0.05, 0.1) is 53.4 Å². The largest absolute Gasteiger partial charge is 0.545 e. The summed E-state index contributed by atoms with van der Waals surface area (Å²) < 4.78 is 36.2. The van der Waals surface area contributed by atoms with Gasteiger partial charge in [-0.2, -0.15) is 0 Å². The number of likely N-dealkylation sites (N-methyl/N-ethyl adjacent to an activating group) is 1. The van der Waals surface area contributed by atoms with E-state index >= 15 is 0 Å². The molecule has 1 heterocycles. The van der Waals surface area contributed by atoms with Crippen molar-refractivity contribution in [2.45, 2.75) is 4.90 Å². The molecule has 0 aliphatic carbocycles. The predicted molar refractivity (Wildman–Crippen MR) is 92.1 cm³/mol. The maximum absolute atomic E-state index is 12.9. The summed E-state index contributed by atoms with van der Waals surface area (Å²) in [5.41, 5.74) is 0.329. The molecular weight excluding hydrogens is 362 g/mol. The highest BCUT2D eigenvalue weighted by Crippen LogP contribution is 2.36. The fraction of sp³-hybridized carbons (Fsp3) is 0.438. The van der Waals surface area contributed by atoms with E-state index in [2.05, 4.69) is 4.83 Å². The quantitative estimate of drug-likeness (QED) is 0.499. The molecule has 0 atom stereocenters. The van der Waals surface area contributed by atoms with Crippen LogP contribution in [-0.4, -0.2) is 66.8 Å². The molecule has 0 saturated carbocycles. The Kier molecular flexibility index (Phi) is 6.59. The summed E-state index contributed by atoms with van der Waals surface area (Å²) in [4.78, 5) is 14.4. The van der Waals surface area contributed by atoms with Crippen LogP contribution >= 0.6 is 0 Å². The zero-order chi connectivity index (χ0) is 19.3. The van der Waals surface area contributed by atoms with Gasteiger partial charge in [-0.3, -0.25) is 0 Å². The van der Waals surface area contributed by atoms with E-state index in [4.69, 9.17) is 9.47 Å². The molecule has 0 unspecified atom stereocenters. The Bertz CT molecular complexity index is 785. The van der Waals surface area contributed by atoms with Crippen molar-refractivity contribution >= 4 is 22.1 Å². The summed E-state index contributed by atoms with van der Waals surface area (Å²) >= 11 is 0. The van der Waals surface area contributed by atoms with Crippen molar-refractivity contribution in [2.24, 2.45) is 0 Å². The number of hydrazine groups is 1. The van der Waals surface area contributed by atoms with Crippen molar-refractivity contribution in [3.63, 3.8) is 0 Å². The van der Waals surface area contributed by atoms with E-state index in [0.717, 1.165) is 19.2 Å². The lowest BCUT2D eigenvalue weighted by molar-refractivity contribution is -0.884. The molecule has 26 heavy (non-hydrogen) atoms. The number of carboxylic acid groups (broad SMARTS) is 1. The van der Waals surface area contributed by atoms with Gasteiger partial charge in [0.1, 0.15) is 4.90 Å². The first-order valence-electron chi connectivity index (χ1n) is 8.00. The number of aliphatic carboxylic acids is 1. The van der Waals surface area contributed by atoms with E-state index in [1.54, 1.807) is 5.01 Å². The average Bonchev–Trinajstić information content (AvgIpc) is 2.60. The minimum absolute atomic E-state index is 0.0466. The smallest absolute Gasteiger partial charge is 0.257 e. The number of nitrogens with one attached hydrogen (secondary N) is 2. The number of hydrogen-bond acceptors (Lipinski definition) is 7. The second-order valence-electron chi connectivity index (χ2n) is 5.95. The molecule has 0 spiro atoms. The minimum Gasteiger partial charge on any atom is -0.545 e. The molecule has 0 radical (unpaired) electrons. The number of sulfonamides is 1. The molecule has 1 saturated heterocycles. The van der Waals surface area contributed by atoms with Crippen molar-refractivity contribution in [3.05, 3.63) is 23.8 Å². The minimum atomic E-state index is -3.95. The standard InChI is InChI=1S/C16H23N3O6S/c1-18-6-8-19(9-7-18)17-26(22,23)14-11-12(4-5-15(20)21)10-13(24-2)16(14)25-3/h4-5,10-11,17H,6-9H2,1-3H3,(H,20,21)/b5-4+. The van der Waals surface area contributed by atoms with Crippen LogP contribution in [0.15, 0.2) is 23.1 Å². The third kappa shape index (κ3) is 4.94. The lowest BCUT2D eigenvalue weighted by Crippen LogP contribution is -3.12. The molecule has 2 N–H and O–H groups in total. The number of quaternary nitrogens is 1. The maximum Gasteiger partial charge on any atom is 0.257 e. The normalized spacial score (nSPS) is 16.7. The highest BCUT2D eigenvalue weighted by molar-refractivity contribution is 7.89. The number of methoxy groups -OCH3 is 2. The fourth-order valence-electron chi connectivity index (χ4n) is 2.61. The van der Waals surface area contributed by atoms with Gasteiger partial charge in [-0.1, -0.05) is 6.08 Å². The van der Waals surface area contributed by atoms with Crippen LogP contribution in [0.3, 0.4) is 0 Å². The highest BCUT2D eigenvalue weighted by Gasteiger charge is 2.27. The van der Waals surface area contributed by atoms with Gasteiger partial charge in [0.25, 0.3) is 10.0 Å². The van der Waals surface area contributed by atoms with E-state index < -0.39 is 16.0 Å². The van der Waals surface area contributed by atoms with Gasteiger partial charge in [0, 0.05) is 0 Å². The van der Waals surface area contributed by atoms with Crippen LogP contribution in [0.1, 0.15) is 5.56 Å². The Balaban J connectivity index is 2.40. The zero-order valence-electron chi connectivity index (χ0n) is 14.9. The van der Waals surface area contributed by atoms with Crippen LogP contribution in [0.4, 0.5) is 0 Å². The molecule has 1 aliphatic rings. The van der Waals surface area contributed by atoms with Crippen molar-refractivity contribution < 1.29 is 32.7 Å². The number of ether oxygens (including phenoxy) is 2. The molecule has 144 valence electrons. The summed E-state index contributed by atoms with van der Waals surface area (Å²) in [6.07, 6.45) is 2.05. The average molecular weight is 385 g/mol. The summed E-state index contributed by atoms with van der Waals surface area (Å²) in [6.45, 7) is 2.79. The maximum atomic E-state index is 12.9. The Hall–Kier alpha value is -2.14. The Labute approximate surface area is 152 Å². The third-order valence-corrected chi connectivity index (χ3v) is 5.42. The Morgan fingerprint density at radius 2 is 1.92 bits per heavy atom. The van der Waals surface area contributed by atoms with Crippen LogP contribution in [0.25, 0.3) is 6.08 Å². The number of benzene rings is 1. The van der Waals surface area contributed by atoms with Crippen molar-refractivity contribution in [3.8, 4) is 11.5 Å². The van der Waals surface area contributed by atoms with E-state index in [1.807, 2.05) is 7.05 Å². The first-order valence-corrected chi connectivity index (χ1v) is 9.49. The molecular formula is C16H23N3O6S. The fourth-order valence-corrected chi connectivity index (χ4v) is 3.95. The number of nitrogens with zero attached hydrogens (tertiary/aromatic N) is 1. The van der Waals surface area contributed by atoms with Crippen LogP contribution in [0.5, 0.6) is 11.5 Å². The van der Waals surface area contributed by atoms with Crippen molar-refractivity contribution in [2.75, 3.05) is 47.4 Å². The van der Waals surface area contributed by atoms with E-state index in [1.165, 1.54) is 37.3 Å². The topological polar surface area (TPSA) is 112 Å². The lowest BCUT2D eigenvalue weighted by atomic mass is 10.2. The van der Waals surface area contributed by atoms with Gasteiger partial charge in [-0.25, -0.2) is 13.4 Å². The van der Waals surface area contributed by atoms with E-state index in [9.17, 15) is 18.3 Å². The Morgan fingerprint density at radius 3 is 2.46 bits per heavy atom. The molecule has 1 aromatic rings. The summed E-state index contributed by atoms with van der Waals surface area (Å²) in [6, 6.07) is 2.81. The molecule has 9 nitrogen and oxygen atoms in total. The molecule has 0 bridgehead atoms. The zero-order valence-corrected chi connectivity index (χ0v) is 15.8. The van der Waals surface area contributed by atoms with Crippen molar-refractivity contribution in [1.82, 2.24) is 9.84 Å². The Morgan fingerprint density at radius 1 is 1.27 bits per heavy atom. The van der Waals surface area contributed by atoms with Crippen LogP contribution in [0.2, 0.25) is 0 Å². The number of rotatable bonds is 7. The van der Waals surface area contributed by atoms with Gasteiger partial charge >= 0.3 is 0 Å². The second kappa shape index (κ2) is 8.49. The first kappa shape index (κ1) is 20.2. The van der Waals surface area contributed by atoms with Gasteiger partial charge in [-0.15, -0.1) is 4.83 Å². The van der Waals surface area contributed by atoms with Gasteiger partial charge in [-0.05, 0) is 23.8 Å². The number of hydrogen-bond donors (Lipinski definition) is 2. The molecule has 0 aromatic heterocycles. The van der Waals surface area contributed by atoms with E-state index in [-0.39, 0.29) is 16.4 Å². The number of carbonyl (C=O) groups excluding carboxylic acids is 1. The van der Waals surface area contributed by atoms with Gasteiger partial charge < -0.3 is 24.3 Å². The number of carboxylic acids is 1. The third-order valence-electron chi connectivity index (χ3n) is 4.03. The van der Waals surface area contributed by atoms with Crippen LogP contribution < -0.4 is 24.3 Å². The van der Waals surface area contributed by atoms with Crippen LogP contribution in [0, 0.1) is 0 Å². The first-order chi connectivity index (χ1) is 12.3. The molecule has 1 aromatic carbocycles. The van der Waals surface area contributed by atoms with Crippen molar-refractivity contribution in [1.29, 1.82) is 0 Å². The molecule has 10 heteroatoms. The number of piperazine rings is 1. The monoisotopic (exact) mass is 385 g/mol. The predicted octanol–water partition coefficient (Wildman–Crippen LogP) is -2.51. The summed E-state index contributed by atoms with van der Waals surface area (Å²) in [7, 11) is 0.812. The SMILES string of the molecule is COc1cc(/C=C/C(=O)[O-])cc(S(=O)(=O)NN2CC[NH+](C)CC2)c1OC. The summed E-state index contributed by atoms with van der Waals surface area (Å²) in [5.74, 6) is -1.16. The summed E-state index contributed by atoms with van der Waals surface area (Å²) in [5, 5.41) is 12.3.